The Morgan fingerprint density at radius 2 is 2.03 bits per heavy atom. The molecule has 0 atom stereocenters. The molecule has 3 rings (SSSR count). The molecule has 0 spiro atoms. The SMILES string of the molecule is Cc1c(-c2cccc(S(=O)(=O)N(C)C)n2)c2cc(Cl)ccc2n1CC(F)=CCN. The number of nitrogens with two attached hydrogens (primary N) is 1. The summed E-state index contributed by atoms with van der Waals surface area (Å²) in [6, 6.07) is 10.1. The number of nitrogens with zero attached hydrogens (tertiary/aromatic N) is 3. The number of halogens is 2. The number of aromatic nitrogens is 2. The van der Waals surface area contributed by atoms with Crippen LogP contribution in [0.3, 0.4) is 0 Å². The number of allylic oxidation sites excluding steroid dienone is 1. The summed E-state index contributed by atoms with van der Waals surface area (Å²) in [5, 5.41) is 1.23. The highest BCUT2D eigenvalue weighted by Crippen LogP contribution is 2.36. The largest absolute Gasteiger partial charge is 0.337 e. The van der Waals surface area contributed by atoms with E-state index < -0.39 is 10.0 Å². The fourth-order valence-corrected chi connectivity index (χ4v) is 4.22. The lowest BCUT2D eigenvalue weighted by Crippen LogP contribution is -2.23. The fraction of sp³-hybridized carbons (Fsp3) is 0.250. The second-order valence-electron chi connectivity index (χ2n) is 6.74. The van der Waals surface area contributed by atoms with Crippen molar-refractivity contribution in [3.8, 4) is 11.3 Å². The van der Waals surface area contributed by atoms with Crippen LogP contribution in [-0.2, 0) is 16.6 Å². The maximum Gasteiger partial charge on any atom is 0.260 e. The summed E-state index contributed by atoms with van der Waals surface area (Å²) in [7, 11) is -0.792. The average Bonchev–Trinajstić information content (AvgIpc) is 2.92. The molecule has 9 heteroatoms. The van der Waals surface area contributed by atoms with Crippen LogP contribution in [0.2, 0.25) is 5.02 Å². The quantitative estimate of drug-likeness (QED) is 0.638. The number of hydrogen-bond acceptors (Lipinski definition) is 4. The minimum absolute atomic E-state index is 0.0108. The Kier molecular flexibility index (Phi) is 6.09. The lowest BCUT2D eigenvalue weighted by atomic mass is 10.1. The van der Waals surface area contributed by atoms with Gasteiger partial charge in [0.1, 0.15) is 5.83 Å². The van der Waals surface area contributed by atoms with Gasteiger partial charge < -0.3 is 10.3 Å². The van der Waals surface area contributed by atoms with Crippen molar-refractivity contribution >= 4 is 32.5 Å². The van der Waals surface area contributed by atoms with E-state index in [9.17, 15) is 12.8 Å². The van der Waals surface area contributed by atoms with Crippen LogP contribution in [0.4, 0.5) is 4.39 Å². The van der Waals surface area contributed by atoms with Crippen molar-refractivity contribution in [1.82, 2.24) is 13.9 Å². The van der Waals surface area contributed by atoms with E-state index in [1.54, 1.807) is 28.8 Å². The summed E-state index contributed by atoms with van der Waals surface area (Å²) in [6.07, 6.45) is 1.32. The molecule has 0 unspecified atom stereocenters. The molecule has 29 heavy (non-hydrogen) atoms. The molecular weight excluding hydrogens is 415 g/mol. The first-order valence-electron chi connectivity index (χ1n) is 8.89. The Morgan fingerprint density at radius 3 is 2.69 bits per heavy atom. The van der Waals surface area contributed by atoms with Gasteiger partial charge in [0, 0.05) is 47.8 Å². The van der Waals surface area contributed by atoms with Crippen molar-refractivity contribution in [1.29, 1.82) is 0 Å². The molecule has 2 heterocycles. The first-order chi connectivity index (χ1) is 13.7. The number of pyridine rings is 1. The number of fused-ring (bicyclic) bond motifs is 1. The minimum atomic E-state index is -3.69. The monoisotopic (exact) mass is 436 g/mol. The first-order valence-corrected chi connectivity index (χ1v) is 10.7. The van der Waals surface area contributed by atoms with E-state index in [2.05, 4.69) is 4.98 Å². The van der Waals surface area contributed by atoms with E-state index in [0.717, 1.165) is 20.9 Å². The van der Waals surface area contributed by atoms with Gasteiger partial charge in [0.2, 0.25) is 0 Å². The van der Waals surface area contributed by atoms with Crippen LogP contribution in [-0.4, -0.2) is 42.9 Å². The van der Waals surface area contributed by atoms with Crippen LogP contribution in [0.1, 0.15) is 5.69 Å². The molecule has 3 aromatic rings. The van der Waals surface area contributed by atoms with E-state index >= 15 is 0 Å². The van der Waals surface area contributed by atoms with Crippen molar-refractivity contribution in [2.45, 2.75) is 18.5 Å². The normalized spacial score (nSPS) is 12.9. The van der Waals surface area contributed by atoms with E-state index in [0.29, 0.717) is 16.3 Å². The van der Waals surface area contributed by atoms with Crippen LogP contribution >= 0.6 is 11.6 Å². The molecule has 0 saturated carbocycles. The van der Waals surface area contributed by atoms with E-state index in [1.807, 2.05) is 13.0 Å². The molecule has 0 bridgehead atoms. The molecule has 6 nitrogen and oxygen atoms in total. The van der Waals surface area contributed by atoms with Gasteiger partial charge in [0.15, 0.2) is 5.03 Å². The summed E-state index contributed by atoms with van der Waals surface area (Å²) in [5.74, 6) is -0.356. The maximum atomic E-state index is 14.2. The van der Waals surface area contributed by atoms with Gasteiger partial charge in [-0.2, -0.15) is 0 Å². The highest BCUT2D eigenvalue weighted by atomic mass is 35.5. The molecular formula is C20H22ClFN4O2S. The summed E-state index contributed by atoms with van der Waals surface area (Å²) in [6.45, 7) is 1.96. The Labute approximate surface area is 174 Å². The molecule has 1 aromatic carbocycles. The molecule has 2 aromatic heterocycles. The second-order valence-corrected chi connectivity index (χ2v) is 9.28. The number of sulfonamides is 1. The predicted octanol–water partition coefficient (Wildman–Crippen LogP) is 3.73. The summed E-state index contributed by atoms with van der Waals surface area (Å²) >= 11 is 6.21. The van der Waals surface area contributed by atoms with Crippen molar-refractivity contribution in [2.24, 2.45) is 5.73 Å². The zero-order valence-corrected chi connectivity index (χ0v) is 17.9. The minimum Gasteiger partial charge on any atom is -0.337 e. The third-order valence-electron chi connectivity index (χ3n) is 4.66. The van der Waals surface area contributed by atoms with Crippen LogP contribution in [0.15, 0.2) is 53.3 Å². The summed E-state index contributed by atoms with van der Waals surface area (Å²) in [5.41, 5.74) is 8.11. The molecule has 0 aliphatic rings. The molecule has 154 valence electrons. The molecule has 0 amide bonds. The van der Waals surface area contributed by atoms with Crippen LogP contribution < -0.4 is 5.73 Å². The molecule has 2 N–H and O–H groups in total. The fourth-order valence-electron chi connectivity index (χ4n) is 3.21. The number of hydrogen-bond donors (Lipinski definition) is 1. The third-order valence-corrected chi connectivity index (χ3v) is 6.61. The maximum absolute atomic E-state index is 14.2. The number of rotatable bonds is 6. The zero-order chi connectivity index (χ0) is 21.3. The molecule has 0 aliphatic carbocycles. The summed E-state index contributed by atoms with van der Waals surface area (Å²) in [4.78, 5) is 4.39. The number of benzene rings is 1. The van der Waals surface area contributed by atoms with Gasteiger partial charge in [-0.05, 0) is 43.3 Å². The summed E-state index contributed by atoms with van der Waals surface area (Å²) < 4.78 is 42.2. The van der Waals surface area contributed by atoms with E-state index in [1.165, 1.54) is 26.2 Å². The highest BCUT2D eigenvalue weighted by Gasteiger charge is 2.22. The molecule has 0 radical (unpaired) electrons. The van der Waals surface area contributed by atoms with Crippen LogP contribution in [0.5, 0.6) is 0 Å². The van der Waals surface area contributed by atoms with Gasteiger partial charge in [0.25, 0.3) is 10.0 Å². The highest BCUT2D eigenvalue weighted by molar-refractivity contribution is 7.89. The molecule has 0 aliphatic heterocycles. The molecule has 0 fully saturated rings. The second kappa shape index (κ2) is 8.23. The van der Waals surface area contributed by atoms with Crippen LogP contribution in [0, 0.1) is 6.92 Å². The Morgan fingerprint density at radius 1 is 1.31 bits per heavy atom. The van der Waals surface area contributed by atoms with Crippen molar-refractivity contribution < 1.29 is 12.8 Å². The lowest BCUT2D eigenvalue weighted by Gasteiger charge is -2.12. The molecule has 0 saturated heterocycles. The zero-order valence-electron chi connectivity index (χ0n) is 16.4. The third kappa shape index (κ3) is 4.06. The van der Waals surface area contributed by atoms with Crippen molar-refractivity contribution in [3.05, 3.63) is 59.0 Å². The van der Waals surface area contributed by atoms with Gasteiger partial charge in [-0.15, -0.1) is 0 Å². The average molecular weight is 437 g/mol. The van der Waals surface area contributed by atoms with Gasteiger partial charge in [-0.3, -0.25) is 0 Å². The van der Waals surface area contributed by atoms with Gasteiger partial charge in [0.05, 0.1) is 12.2 Å². The standard InChI is InChI=1S/C20H22ClFN4O2S/c1-13-20(17-5-4-6-19(24-17)29(27,28)25(2)3)16-11-14(21)7-8-18(16)26(13)12-15(22)9-10-23/h4-9,11H,10,12,23H2,1-3H3. The Hall–Kier alpha value is -2.26. The first kappa shape index (κ1) is 21.4. The van der Waals surface area contributed by atoms with Gasteiger partial charge >= 0.3 is 0 Å². The Bertz CT molecular complexity index is 1200. The smallest absolute Gasteiger partial charge is 0.260 e. The van der Waals surface area contributed by atoms with Crippen molar-refractivity contribution in [2.75, 3.05) is 20.6 Å². The van der Waals surface area contributed by atoms with E-state index in [4.69, 9.17) is 17.3 Å². The lowest BCUT2D eigenvalue weighted by molar-refractivity contribution is 0.517. The predicted molar refractivity (Wildman–Crippen MR) is 114 cm³/mol. The van der Waals surface area contributed by atoms with Crippen LogP contribution in [0.25, 0.3) is 22.2 Å². The Balaban J connectivity index is 2.27. The van der Waals surface area contributed by atoms with Gasteiger partial charge in [-0.25, -0.2) is 22.1 Å². The van der Waals surface area contributed by atoms with Gasteiger partial charge in [-0.1, -0.05) is 17.7 Å². The van der Waals surface area contributed by atoms with Crippen molar-refractivity contribution in [3.63, 3.8) is 0 Å². The van der Waals surface area contributed by atoms with E-state index in [-0.39, 0.29) is 23.9 Å². The topological polar surface area (TPSA) is 81.2 Å².